The van der Waals surface area contributed by atoms with Crippen molar-refractivity contribution in [3.8, 4) is 0 Å². The first-order chi connectivity index (χ1) is 5.58. The molecule has 1 aromatic rings. The van der Waals surface area contributed by atoms with E-state index in [-0.39, 0.29) is 0 Å². The molecule has 0 atom stereocenters. The second-order valence-corrected chi connectivity index (χ2v) is 2.24. The van der Waals surface area contributed by atoms with Crippen molar-refractivity contribution in [2.75, 3.05) is 6.54 Å². The molecule has 2 nitrogen and oxygen atoms in total. The van der Waals surface area contributed by atoms with E-state index in [1.54, 1.807) is 0 Å². The molecule has 12 heavy (non-hydrogen) atoms. The van der Waals surface area contributed by atoms with E-state index in [0.29, 0.717) is 0 Å². The minimum Gasteiger partial charge on any atom is -0.325 e. The van der Waals surface area contributed by atoms with Gasteiger partial charge >= 0.3 is 5.92 Å². The topological polar surface area (TPSA) is 38.9 Å². The molecule has 0 spiro atoms. The van der Waals surface area contributed by atoms with Gasteiger partial charge in [0.25, 0.3) is 0 Å². The molecule has 1 rings (SSSR count). The third-order valence-electron chi connectivity index (χ3n) is 1.36. The third-order valence-corrected chi connectivity index (χ3v) is 1.36. The highest BCUT2D eigenvalue weighted by Gasteiger charge is 2.34. The van der Waals surface area contributed by atoms with E-state index in [9.17, 15) is 13.2 Å². The largest absolute Gasteiger partial charge is 0.325 e. The summed E-state index contributed by atoms with van der Waals surface area (Å²) in [6, 6.07) is 2.16. The molecule has 5 heteroatoms. The molecule has 0 unspecified atom stereocenters. The van der Waals surface area contributed by atoms with Gasteiger partial charge in [-0.15, -0.1) is 0 Å². The Morgan fingerprint density at radius 3 is 2.67 bits per heavy atom. The third kappa shape index (κ3) is 1.55. The summed E-state index contributed by atoms with van der Waals surface area (Å²) in [7, 11) is 0. The SMILES string of the molecule is NCC(F)(F)c1ncccc1F. The van der Waals surface area contributed by atoms with Gasteiger partial charge in [0.1, 0.15) is 5.69 Å². The maximum Gasteiger partial charge on any atom is 0.304 e. The smallest absolute Gasteiger partial charge is 0.304 e. The molecule has 1 heterocycles. The molecule has 66 valence electrons. The van der Waals surface area contributed by atoms with E-state index in [2.05, 4.69) is 4.98 Å². The quantitative estimate of drug-likeness (QED) is 0.736. The van der Waals surface area contributed by atoms with Crippen LogP contribution < -0.4 is 5.73 Å². The van der Waals surface area contributed by atoms with Crippen LogP contribution in [0, 0.1) is 5.82 Å². The molecule has 0 aliphatic carbocycles. The molecule has 0 aliphatic heterocycles. The van der Waals surface area contributed by atoms with Crippen molar-refractivity contribution in [2.45, 2.75) is 5.92 Å². The van der Waals surface area contributed by atoms with Gasteiger partial charge in [-0.1, -0.05) is 0 Å². The molecule has 1 aromatic heterocycles. The van der Waals surface area contributed by atoms with Gasteiger partial charge < -0.3 is 5.73 Å². The molecular formula is C7H7F3N2. The van der Waals surface area contributed by atoms with E-state index in [4.69, 9.17) is 5.73 Å². The van der Waals surface area contributed by atoms with Gasteiger partial charge in [-0.05, 0) is 12.1 Å². The second-order valence-electron chi connectivity index (χ2n) is 2.24. The molecule has 0 aromatic carbocycles. The van der Waals surface area contributed by atoms with E-state index in [1.165, 1.54) is 6.07 Å². The van der Waals surface area contributed by atoms with Crippen LogP contribution in [-0.2, 0) is 5.92 Å². The van der Waals surface area contributed by atoms with Gasteiger partial charge in [0.2, 0.25) is 0 Å². The van der Waals surface area contributed by atoms with Crippen LogP contribution in [0.3, 0.4) is 0 Å². The lowest BCUT2D eigenvalue weighted by atomic mass is 10.2. The van der Waals surface area contributed by atoms with Gasteiger partial charge in [-0.25, -0.2) is 4.39 Å². The van der Waals surface area contributed by atoms with Crippen molar-refractivity contribution in [1.82, 2.24) is 4.98 Å². The molecule has 0 radical (unpaired) electrons. The minimum atomic E-state index is -3.38. The number of halogens is 3. The van der Waals surface area contributed by atoms with Crippen LogP contribution in [0.5, 0.6) is 0 Å². The Balaban J connectivity index is 3.10. The summed E-state index contributed by atoms with van der Waals surface area (Å²) in [5, 5.41) is 0. The van der Waals surface area contributed by atoms with Crippen molar-refractivity contribution in [3.05, 3.63) is 29.8 Å². The predicted molar refractivity (Wildman–Crippen MR) is 37.1 cm³/mol. The van der Waals surface area contributed by atoms with Crippen LogP contribution in [0.1, 0.15) is 5.69 Å². The molecule has 0 aliphatic rings. The van der Waals surface area contributed by atoms with Crippen LogP contribution in [0.2, 0.25) is 0 Å². The first-order valence-electron chi connectivity index (χ1n) is 3.27. The predicted octanol–water partition coefficient (Wildman–Crippen LogP) is 1.27. The lowest BCUT2D eigenvalue weighted by molar-refractivity contribution is -0.00244. The van der Waals surface area contributed by atoms with Gasteiger partial charge in [0.15, 0.2) is 5.82 Å². The Hall–Kier alpha value is -1.10. The molecule has 0 saturated heterocycles. The first kappa shape index (κ1) is 8.99. The number of aromatic nitrogens is 1. The van der Waals surface area contributed by atoms with Crippen molar-refractivity contribution in [1.29, 1.82) is 0 Å². The average molecular weight is 176 g/mol. The fraction of sp³-hybridized carbons (Fsp3) is 0.286. The van der Waals surface area contributed by atoms with Crippen LogP contribution in [-0.4, -0.2) is 11.5 Å². The average Bonchev–Trinajstić information content (AvgIpc) is 2.05. The highest BCUT2D eigenvalue weighted by atomic mass is 19.3. The zero-order valence-electron chi connectivity index (χ0n) is 6.10. The summed E-state index contributed by atoms with van der Waals surface area (Å²) in [5.74, 6) is -4.42. The summed E-state index contributed by atoms with van der Waals surface area (Å²) in [4.78, 5) is 3.22. The molecular weight excluding hydrogens is 169 g/mol. The van der Waals surface area contributed by atoms with Crippen LogP contribution in [0.15, 0.2) is 18.3 Å². The monoisotopic (exact) mass is 176 g/mol. The van der Waals surface area contributed by atoms with Gasteiger partial charge in [-0.3, -0.25) is 4.98 Å². The van der Waals surface area contributed by atoms with E-state index < -0.39 is 24.0 Å². The lowest BCUT2D eigenvalue weighted by Gasteiger charge is -2.12. The summed E-state index contributed by atoms with van der Waals surface area (Å²) < 4.78 is 38.1. The fourth-order valence-corrected chi connectivity index (χ4v) is 0.752. The van der Waals surface area contributed by atoms with Crippen molar-refractivity contribution >= 4 is 0 Å². The summed E-state index contributed by atoms with van der Waals surface area (Å²) in [6.07, 6.45) is 1.10. The highest BCUT2D eigenvalue weighted by Crippen LogP contribution is 2.26. The lowest BCUT2D eigenvalue weighted by Crippen LogP contribution is -2.27. The Bertz CT molecular complexity index is 275. The molecule has 2 N–H and O–H groups in total. The van der Waals surface area contributed by atoms with Gasteiger partial charge in [-0.2, -0.15) is 8.78 Å². The van der Waals surface area contributed by atoms with Crippen molar-refractivity contribution in [2.24, 2.45) is 5.73 Å². The zero-order chi connectivity index (χ0) is 9.19. The Morgan fingerprint density at radius 2 is 2.17 bits per heavy atom. The maximum atomic E-state index is 12.7. The fourth-order valence-electron chi connectivity index (χ4n) is 0.752. The zero-order valence-corrected chi connectivity index (χ0v) is 6.10. The van der Waals surface area contributed by atoms with E-state index >= 15 is 0 Å². The van der Waals surface area contributed by atoms with E-state index in [1.807, 2.05) is 0 Å². The van der Waals surface area contributed by atoms with Crippen LogP contribution >= 0.6 is 0 Å². The number of hydrogen-bond acceptors (Lipinski definition) is 2. The van der Waals surface area contributed by atoms with Gasteiger partial charge in [0, 0.05) is 6.20 Å². The number of rotatable bonds is 2. The first-order valence-corrected chi connectivity index (χ1v) is 3.27. The van der Waals surface area contributed by atoms with Crippen molar-refractivity contribution < 1.29 is 13.2 Å². The van der Waals surface area contributed by atoms with Crippen LogP contribution in [0.4, 0.5) is 13.2 Å². The molecule has 0 amide bonds. The Labute approximate surface area is 67.2 Å². The second kappa shape index (κ2) is 3.10. The Morgan fingerprint density at radius 1 is 1.50 bits per heavy atom. The number of hydrogen-bond donors (Lipinski definition) is 1. The normalized spacial score (nSPS) is 11.7. The highest BCUT2D eigenvalue weighted by molar-refractivity contribution is 5.12. The van der Waals surface area contributed by atoms with Gasteiger partial charge in [0.05, 0.1) is 6.54 Å². The maximum absolute atomic E-state index is 12.7. The molecule has 0 bridgehead atoms. The minimum absolute atomic E-state index is 0.896. The van der Waals surface area contributed by atoms with Crippen molar-refractivity contribution in [3.63, 3.8) is 0 Å². The van der Waals surface area contributed by atoms with Crippen LogP contribution in [0.25, 0.3) is 0 Å². The number of pyridine rings is 1. The summed E-state index contributed by atoms with van der Waals surface area (Å²) in [5.41, 5.74) is 3.85. The Kier molecular flexibility index (Phi) is 2.32. The number of nitrogens with two attached hydrogens (primary N) is 1. The molecule has 0 fully saturated rings. The summed E-state index contributed by atoms with van der Waals surface area (Å²) in [6.45, 7) is -0.944. The van der Waals surface area contributed by atoms with E-state index in [0.717, 1.165) is 12.3 Å². The molecule has 0 saturated carbocycles. The number of nitrogens with zero attached hydrogens (tertiary/aromatic N) is 1. The summed E-state index contributed by atoms with van der Waals surface area (Å²) >= 11 is 0. The number of alkyl halides is 2. The standard InChI is InChI=1S/C7H7F3N2/c8-5-2-1-3-12-6(5)7(9,10)4-11/h1-3H,4,11H2.